The Kier molecular flexibility index (Phi) is 5.86. The Hall–Kier alpha value is -2.02. The predicted octanol–water partition coefficient (Wildman–Crippen LogP) is 1.26. The van der Waals surface area contributed by atoms with Crippen molar-refractivity contribution in [3.63, 3.8) is 0 Å². The Morgan fingerprint density at radius 1 is 1.27 bits per heavy atom. The van der Waals surface area contributed by atoms with Gasteiger partial charge in [0.25, 0.3) is 0 Å². The molecule has 2 fully saturated rings. The molecule has 2 saturated heterocycles. The van der Waals surface area contributed by atoms with E-state index < -0.39 is 0 Å². The number of aromatic nitrogens is 2. The molecule has 1 spiro atoms. The van der Waals surface area contributed by atoms with Crippen molar-refractivity contribution < 1.29 is 9.59 Å². The number of piperidine rings is 2. The van der Waals surface area contributed by atoms with E-state index in [-0.39, 0.29) is 17.2 Å². The van der Waals surface area contributed by atoms with Crippen LogP contribution < -0.4 is 5.73 Å². The van der Waals surface area contributed by atoms with Crippen molar-refractivity contribution in [2.75, 3.05) is 26.2 Å². The van der Waals surface area contributed by atoms with Crippen LogP contribution in [-0.2, 0) is 16.1 Å². The van der Waals surface area contributed by atoms with E-state index in [0.29, 0.717) is 19.4 Å². The number of aryl methyl sites for hydroxylation is 1. The lowest BCUT2D eigenvalue weighted by Crippen LogP contribution is -2.53. The zero-order valence-electron chi connectivity index (χ0n) is 15.6. The summed E-state index contributed by atoms with van der Waals surface area (Å²) in [5, 5.41) is 0. The van der Waals surface area contributed by atoms with Gasteiger partial charge in [0.15, 0.2) is 0 Å². The molecule has 2 N–H and O–H groups in total. The quantitative estimate of drug-likeness (QED) is 0.825. The molecule has 2 aliphatic heterocycles. The van der Waals surface area contributed by atoms with Gasteiger partial charge in [0.2, 0.25) is 11.8 Å². The Balaban J connectivity index is 1.61. The van der Waals surface area contributed by atoms with Crippen LogP contribution in [0.4, 0.5) is 0 Å². The number of hydrogen-bond acceptors (Lipinski definition) is 5. The van der Waals surface area contributed by atoms with Gasteiger partial charge in [-0.25, -0.2) is 0 Å². The van der Waals surface area contributed by atoms with Crippen LogP contribution in [0.3, 0.4) is 0 Å². The van der Waals surface area contributed by atoms with Crippen LogP contribution in [-0.4, -0.2) is 57.8 Å². The molecule has 0 saturated carbocycles. The molecule has 7 heteroatoms. The average molecular weight is 359 g/mol. The smallest absolute Gasteiger partial charge is 0.222 e. The van der Waals surface area contributed by atoms with Crippen molar-refractivity contribution in [2.45, 2.75) is 52.0 Å². The second-order valence-electron chi connectivity index (χ2n) is 7.85. The van der Waals surface area contributed by atoms with Crippen LogP contribution >= 0.6 is 0 Å². The third-order valence-electron chi connectivity index (χ3n) is 5.57. The van der Waals surface area contributed by atoms with E-state index in [4.69, 9.17) is 5.73 Å². The number of likely N-dealkylation sites (tertiary alicyclic amines) is 2. The van der Waals surface area contributed by atoms with E-state index in [1.807, 2.05) is 11.8 Å². The number of nitrogens with two attached hydrogens (primary N) is 1. The van der Waals surface area contributed by atoms with E-state index in [2.05, 4.69) is 14.9 Å². The third-order valence-corrected chi connectivity index (χ3v) is 5.57. The zero-order chi connectivity index (χ0) is 18.6. The number of carbonyl (C=O) groups excluding carboxylic acids is 2. The largest absolute Gasteiger partial charge is 0.370 e. The number of rotatable bonds is 6. The first-order valence-electron chi connectivity index (χ1n) is 9.52. The van der Waals surface area contributed by atoms with Gasteiger partial charge in [-0.2, -0.15) is 0 Å². The van der Waals surface area contributed by atoms with Crippen molar-refractivity contribution in [3.8, 4) is 0 Å². The Bertz CT molecular complexity index is 648. The van der Waals surface area contributed by atoms with Crippen molar-refractivity contribution in [2.24, 2.45) is 11.1 Å². The summed E-state index contributed by atoms with van der Waals surface area (Å²) in [5.74, 6) is -0.0192. The summed E-state index contributed by atoms with van der Waals surface area (Å²) in [7, 11) is 0. The van der Waals surface area contributed by atoms with Gasteiger partial charge in [-0.15, -0.1) is 0 Å². The second kappa shape index (κ2) is 8.12. The third kappa shape index (κ3) is 4.78. The molecule has 1 atom stereocenters. The molecule has 0 aliphatic carbocycles. The topological polar surface area (TPSA) is 92.4 Å². The molecule has 0 radical (unpaired) electrons. The fourth-order valence-corrected chi connectivity index (χ4v) is 4.25. The average Bonchev–Trinajstić information content (AvgIpc) is 2.60. The molecule has 142 valence electrons. The Morgan fingerprint density at radius 3 is 2.85 bits per heavy atom. The van der Waals surface area contributed by atoms with Crippen LogP contribution in [0.15, 0.2) is 12.4 Å². The van der Waals surface area contributed by atoms with Gasteiger partial charge < -0.3 is 15.5 Å². The summed E-state index contributed by atoms with van der Waals surface area (Å²) in [4.78, 5) is 36.5. The molecule has 7 nitrogen and oxygen atoms in total. The molecular weight excluding hydrogens is 330 g/mol. The first-order chi connectivity index (χ1) is 12.5. The summed E-state index contributed by atoms with van der Waals surface area (Å²) in [6.45, 7) is 6.20. The first kappa shape index (κ1) is 18.8. The minimum Gasteiger partial charge on any atom is -0.370 e. The summed E-state index contributed by atoms with van der Waals surface area (Å²) < 4.78 is 0. The molecule has 3 heterocycles. The van der Waals surface area contributed by atoms with Crippen molar-refractivity contribution >= 4 is 11.8 Å². The molecule has 0 aromatic carbocycles. The van der Waals surface area contributed by atoms with Crippen molar-refractivity contribution in [1.29, 1.82) is 0 Å². The van der Waals surface area contributed by atoms with Crippen LogP contribution in [0.1, 0.15) is 49.9 Å². The van der Waals surface area contributed by atoms with E-state index >= 15 is 0 Å². The summed E-state index contributed by atoms with van der Waals surface area (Å²) in [6.07, 6.45) is 8.63. The highest BCUT2D eigenvalue weighted by Crippen LogP contribution is 2.39. The lowest BCUT2D eigenvalue weighted by molar-refractivity contribution is -0.140. The van der Waals surface area contributed by atoms with Crippen LogP contribution in [0.2, 0.25) is 0 Å². The summed E-state index contributed by atoms with van der Waals surface area (Å²) in [5.41, 5.74) is 7.14. The Labute approximate surface area is 155 Å². The highest BCUT2D eigenvalue weighted by Gasteiger charge is 2.41. The minimum atomic E-state index is -0.231. The van der Waals surface area contributed by atoms with Gasteiger partial charge in [-0.05, 0) is 45.7 Å². The number of amides is 2. The second-order valence-corrected chi connectivity index (χ2v) is 7.85. The number of carbonyl (C=O) groups is 2. The van der Waals surface area contributed by atoms with Crippen LogP contribution in [0, 0.1) is 12.3 Å². The first-order valence-corrected chi connectivity index (χ1v) is 9.52. The number of primary amides is 1. The van der Waals surface area contributed by atoms with Crippen LogP contribution in [0.25, 0.3) is 0 Å². The molecular formula is C19H29N5O2. The van der Waals surface area contributed by atoms with Crippen molar-refractivity contribution in [1.82, 2.24) is 19.8 Å². The maximum atomic E-state index is 12.4. The SMILES string of the molecule is Cc1cnc(CN2CC3(CCCN(CCCC(N)=O)C3)CCC2=O)cn1. The lowest BCUT2D eigenvalue weighted by Gasteiger charge is -2.48. The Morgan fingerprint density at radius 2 is 2.12 bits per heavy atom. The summed E-state index contributed by atoms with van der Waals surface area (Å²) >= 11 is 0. The summed E-state index contributed by atoms with van der Waals surface area (Å²) in [6, 6.07) is 0. The fraction of sp³-hybridized carbons (Fsp3) is 0.684. The number of nitrogens with zero attached hydrogens (tertiary/aromatic N) is 4. The van der Waals surface area contributed by atoms with E-state index in [9.17, 15) is 9.59 Å². The monoisotopic (exact) mass is 359 g/mol. The molecule has 1 unspecified atom stereocenters. The maximum absolute atomic E-state index is 12.4. The van der Waals surface area contributed by atoms with Gasteiger partial charge in [0.05, 0.1) is 24.1 Å². The lowest BCUT2D eigenvalue weighted by atomic mass is 9.73. The highest BCUT2D eigenvalue weighted by molar-refractivity contribution is 5.77. The van der Waals surface area contributed by atoms with E-state index in [1.54, 1.807) is 12.4 Å². The number of hydrogen-bond donors (Lipinski definition) is 1. The normalized spacial score (nSPS) is 24.2. The van der Waals surface area contributed by atoms with E-state index in [1.165, 1.54) is 0 Å². The van der Waals surface area contributed by atoms with Crippen LogP contribution in [0.5, 0.6) is 0 Å². The standard InChI is InChI=1S/C19H29N5O2/c1-15-10-22-16(11-21-15)12-24-14-19(7-5-18(24)26)6-3-9-23(13-19)8-2-4-17(20)25/h10-11H,2-9,12-14H2,1H3,(H2,20,25). The molecule has 0 bridgehead atoms. The van der Waals surface area contributed by atoms with Gasteiger partial charge in [-0.1, -0.05) is 0 Å². The highest BCUT2D eigenvalue weighted by atomic mass is 16.2. The maximum Gasteiger partial charge on any atom is 0.222 e. The van der Waals surface area contributed by atoms with E-state index in [0.717, 1.165) is 63.3 Å². The fourth-order valence-electron chi connectivity index (χ4n) is 4.25. The van der Waals surface area contributed by atoms with Crippen molar-refractivity contribution in [3.05, 3.63) is 23.8 Å². The predicted molar refractivity (Wildman–Crippen MR) is 98.0 cm³/mol. The van der Waals surface area contributed by atoms with Gasteiger partial charge >= 0.3 is 0 Å². The minimum absolute atomic E-state index is 0.164. The molecule has 2 aliphatic rings. The molecule has 1 aromatic heterocycles. The zero-order valence-corrected chi connectivity index (χ0v) is 15.6. The molecule has 3 rings (SSSR count). The van der Waals surface area contributed by atoms with Gasteiger partial charge in [-0.3, -0.25) is 19.6 Å². The van der Waals surface area contributed by atoms with Gasteiger partial charge in [0, 0.05) is 37.5 Å². The van der Waals surface area contributed by atoms with Gasteiger partial charge in [0.1, 0.15) is 0 Å². The molecule has 26 heavy (non-hydrogen) atoms. The molecule has 2 amide bonds. The molecule has 1 aromatic rings.